The molecule has 0 spiro atoms. The largest absolute Gasteiger partial charge is 0.619 e. The quantitative estimate of drug-likeness (QED) is 0.221. The maximum Gasteiger partial charge on any atom is 0.288 e. The van der Waals surface area contributed by atoms with E-state index in [1.807, 2.05) is 0 Å². The maximum absolute atomic E-state index is 12.9. The van der Waals surface area contributed by atoms with Gasteiger partial charge in [-0.15, -0.1) is 0 Å². The average Bonchev–Trinajstić information content (AvgIpc) is 2.72. The highest BCUT2D eigenvalue weighted by molar-refractivity contribution is 6.32. The Labute approximate surface area is 168 Å². The van der Waals surface area contributed by atoms with E-state index in [0.29, 0.717) is 32.5 Å². The summed E-state index contributed by atoms with van der Waals surface area (Å²) < 4.78 is 1.88. The highest BCUT2D eigenvalue weighted by Crippen LogP contribution is 2.31. The van der Waals surface area contributed by atoms with Crippen LogP contribution in [0.5, 0.6) is 0 Å². The Morgan fingerprint density at radius 3 is 2.66 bits per heavy atom. The summed E-state index contributed by atoms with van der Waals surface area (Å²) in [6, 6.07) is 10.7. The molecule has 0 atom stereocenters. The second kappa shape index (κ2) is 7.28. The third kappa shape index (κ3) is 3.50. The summed E-state index contributed by atoms with van der Waals surface area (Å²) in [5.41, 5.74) is 1.12. The van der Waals surface area contributed by atoms with E-state index in [1.165, 1.54) is 35.4 Å². The third-order valence-electron chi connectivity index (χ3n) is 4.34. The zero-order valence-corrected chi connectivity index (χ0v) is 15.5. The van der Waals surface area contributed by atoms with Crippen LogP contribution in [0.25, 0.3) is 22.2 Å². The van der Waals surface area contributed by atoms with Crippen molar-refractivity contribution >= 4 is 28.2 Å². The maximum atomic E-state index is 12.9. The van der Waals surface area contributed by atoms with E-state index in [-0.39, 0.29) is 22.8 Å². The van der Waals surface area contributed by atoms with Crippen molar-refractivity contribution in [3.63, 3.8) is 0 Å². The number of pyridine rings is 2. The number of nitrogens with zero attached hydrogens (tertiary/aromatic N) is 5. The molecule has 0 N–H and O–H groups in total. The van der Waals surface area contributed by atoms with Gasteiger partial charge in [-0.25, -0.2) is 4.68 Å². The van der Waals surface area contributed by atoms with Gasteiger partial charge in [0.15, 0.2) is 12.4 Å². The van der Waals surface area contributed by atoms with Gasteiger partial charge in [0.05, 0.1) is 16.9 Å². The molecule has 0 aliphatic heterocycles. The predicted octanol–water partition coefficient (Wildman–Crippen LogP) is 2.70. The molecule has 4 rings (SSSR count). The van der Waals surface area contributed by atoms with Crippen LogP contribution >= 0.6 is 11.6 Å². The first kappa shape index (κ1) is 18.5. The lowest BCUT2D eigenvalue weighted by Gasteiger charge is -2.11. The first-order chi connectivity index (χ1) is 13.9. The van der Waals surface area contributed by atoms with Crippen LogP contribution in [-0.4, -0.2) is 19.7 Å². The molecular formula is C19H12ClN5O4. The molecule has 0 unspecified atom stereocenters. The van der Waals surface area contributed by atoms with E-state index < -0.39 is 4.92 Å². The zero-order chi connectivity index (χ0) is 20.5. The van der Waals surface area contributed by atoms with Gasteiger partial charge in [0, 0.05) is 30.0 Å². The van der Waals surface area contributed by atoms with Crippen LogP contribution in [0.4, 0.5) is 5.69 Å². The average molecular weight is 410 g/mol. The molecule has 0 amide bonds. The Balaban J connectivity index is 1.93. The van der Waals surface area contributed by atoms with Gasteiger partial charge in [0.25, 0.3) is 11.2 Å². The minimum Gasteiger partial charge on any atom is -0.619 e. The number of benzene rings is 1. The van der Waals surface area contributed by atoms with Crippen molar-refractivity contribution in [1.29, 1.82) is 0 Å². The lowest BCUT2D eigenvalue weighted by molar-refractivity contribution is -0.605. The number of nitro groups is 1. The van der Waals surface area contributed by atoms with E-state index in [0.717, 1.165) is 0 Å². The third-order valence-corrected chi connectivity index (χ3v) is 4.66. The molecule has 0 radical (unpaired) electrons. The van der Waals surface area contributed by atoms with Gasteiger partial charge in [-0.3, -0.25) is 19.9 Å². The molecule has 3 aromatic heterocycles. The first-order valence-corrected chi connectivity index (χ1v) is 8.79. The monoisotopic (exact) mass is 409 g/mol. The van der Waals surface area contributed by atoms with Crippen molar-refractivity contribution in [2.75, 3.05) is 0 Å². The fraction of sp³-hybridized carbons (Fsp3) is 0.0526. The Morgan fingerprint density at radius 1 is 1.17 bits per heavy atom. The second-order valence-corrected chi connectivity index (χ2v) is 6.61. The van der Waals surface area contributed by atoms with Crippen LogP contribution in [0.3, 0.4) is 0 Å². The van der Waals surface area contributed by atoms with Crippen molar-refractivity contribution in [2.45, 2.75) is 6.54 Å². The second-order valence-electron chi connectivity index (χ2n) is 6.20. The Hall–Kier alpha value is -3.85. The van der Waals surface area contributed by atoms with Crippen molar-refractivity contribution in [3.05, 3.63) is 97.3 Å². The number of hydrogen-bond donors (Lipinski definition) is 0. The van der Waals surface area contributed by atoms with E-state index in [2.05, 4.69) is 10.1 Å². The van der Waals surface area contributed by atoms with Crippen LogP contribution < -0.4 is 10.3 Å². The van der Waals surface area contributed by atoms with Gasteiger partial charge >= 0.3 is 0 Å². The fourth-order valence-electron chi connectivity index (χ4n) is 2.94. The molecule has 0 saturated heterocycles. The molecule has 0 saturated carbocycles. The van der Waals surface area contributed by atoms with Crippen LogP contribution in [0.2, 0.25) is 5.02 Å². The molecule has 10 heteroatoms. The molecule has 4 aromatic rings. The molecule has 144 valence electrons. The number of rotatable bonds is 4. The Kier molecular flexibility index (Phi) is 4.65. The molecular weight excluding hydrogens is 398 g/mol. The molecule has 0 aliphatic carbocycles. The van der Waals surface area contributed by atoms with Crippen LogP contribution in [0.1, 0.15) is 5.56 Å². The molecule has 3 heterocycles. The lowest BCUT2D eigenvalue weighted by atomic mass is 10.1. The first-order valence-electron chi connectivity index (χ1n) is 8.42. The number of hydrogen-bond acceptors (Lipinski definition) is 6. The van der Waals surface area contributed by atoms with Gasteiger partial charge in [0.2, 0.25) is 0 Å². The summed E-state index contributed by atoms with van der Waals surface area (Å²) >= 11 is 5.91. The summed E-state index contributed by atoms with van der Waals surface area (Å²) in [6.07, 6.45) is 4.17. The molecule has 1 aromatic carbocycles. The molecule has 0 bridgehead atoms. The molecule has 29 heavy (non-hydrogen) atoms. The molecule has 0 fully saturated rings. The molecule has 0 aliphatic rings. The van der Waals surface area contributed by atoms with Gasteiger partial charge in [-0.1, -0.05) is 17.7 Å². The van der Waals surface area contributed by atoms with Crippen LogP contribution in [-0.2, 0) is 6.54 Å². The Bertz CT molecular complexity index is 1300. The van der Waals surface area contributed by atoms with Crippen LogP contribution in [0.15, 0.2) is 65.8 Å². The van der Waals surface area contributed by atoms with Crippen molar-refractivity contribution in [1.82, 2.24) is 14.8 Å². The number of fused-ring (bicyclic) bond motifs is 1. The minimum absolute atomic E-state index is 0.000427. The van der Waals surface area contributed by atoms with E-state index in [1.54, 1.807) is 30.3 Å². The molecule has 9 nitrogen and oxygen atoms in total. The summed E-state index contributed by atoms with van der Waals surface area (Å²) in [5, 5.41) is 27.2. The number of aromatic nitrogens is 4. The smallest absolute Gasteiger partial charge is 0.288 e. The topological polar surface area (TPSA) is 118 Å². The zero-order valence-electron chi connectivity index (χ0n) is 14.7. The van der Waals surface area contributed by atoms with E-state index in [4.69, 9.17) is 11.6 Å². The van der Waals surface area contributed by atoms with Gasteiger partial charge in [-0.05, 0) is 23.8 Å². The van der Waals surface area contributed by atoms with Crippen molar-refractivity contribution in [3.8, 4) is 11.3 Å². The highest BCUT2D eigenvalue weighted by atomic mass is 35.5. The number of nitro benzene ring substituents is 1. The fourth-order valence-corrected chi connectivity index (χ4v) is 3.13. The van der Waals surface area contributed by atoms with Gasteiger partial charge in [0.1, 0.15) is 16.2 Å². The van der Waals surface area contributed by atoms with Crippen molar-refractivity contribution < 1.29 is 9.65 Å². The summed E-state index contributed by atoms with van der Waals surface area (Å²) in [5.74, 6) is 0. The van der Waals surface area contributed by atoms with Gasteiger partial charge in [-0.2, -0.15) is 9.83 Å². The number of halogens is 1. The van der Waals surface area contributed by atoms with Gasteiger partial charge < -0.3 is 5.21 Å². The normalized spacial score (nSPS) is 10.9. The Morgan fingerprint density at radius 2 is 1.93 bits per heavy atom. The highest BCUT2D eigenvalue weighted by Gasteiger charge is 2.18. The van der Waals surface area contributed by atoms with E-state index >= 15 is 0 Å². The summed E-state index contributed by atoms with van der Waals surface area (Å²) in [4.78, 5) is 27.8. The standard InChI is InChI=1S/C19H12ClN5O4/c20-15-4-3-13(10-16(15)25(28)29)17-18-14(2-1-7-21-18)19(26)24(22-17)11-12-5-8-23(27)9-6-12/h1-10H,11H2. The summed E-state index contributed by atoms with van der Waals surface area (Å²) in [7, 11) is 0. The summed E-state index contributed by atoms with van der Waals surface area (Å²) in [6.45, 7) is 0.118. The van der Waals surface area contributed by atoms with Crippen LogP contribution in [0, 0.1) is 15.3 Å². The van der Waals surface area contributed by atoms with E-state index in [9.17, 15) is 20.1 Å². The minimum atomic E-state index is -0.584. The SMILES string of the molecule is O=c1c2cccnc2c(-c2ccc(Cl)c([N+](=O)[O-])c2)nn1Cc1cc[n+]([O-])cc1. The lowest BCUT2D eigenvalue weighted by Crippen LogP contribution is -2.27. The predicted molar refractivity (Wildman–Crippen MR) is 105 cm³/mol. The van der Waals surface area contributed by atoms with Crippen molar-refractivity contribution in [2.24, 2.45) is 0 Å².